The van der Waals surface area contributed by atoms with E-state index in [0.29, 0.717) is 16.5 Å². The van der Waals surface area contributed by atoms with Crippen molar-refractivity contribution in [2.45, 2.75) is 27.7 Å². The lowest BCUT2D eigenvalue weighted by Crippen LogP contribution is -2.17. The lowest BCUT2D eigenvalue weighted by atomic mass is 10.0. The Kier molecular flexibility index (Phi) is 4.99. The summed E-state index contributed by atoms with van der Waals surface area (Å²) in [7, 11) is 0. The lowest BCUT2D eigenvalue weighted by Gasteiger charge is -2.11. The Morgan fingerprint density at radius 3 is 2.48 bits per heavy atom. The summed E-state index contributed by atoms with van der Waals surface area (Å²) in [5.41, 5.74) is 4.23. The zero-order valence-electron chi connectivity index (χ0n) is 15.7. The van der Waals surface area contributed by atoms with Gasteiger partial charge in [-0.15, -0.1) is 0 Å². The first kappa shape index (κ1) is 18.6. The molecule has 3 rings (SSSR count). The molecule has 0 saturated carbocycles. The van der Waals surface area contributed by atoms with Crippen molar-refractivity contribution in [1.29, 1.82) is 0 Å². The first-order chi connectivity index (χ1) is 12.8. The molecule has 0 aliphatic rings. The topological polar surface area (TPSA) is 71.2 Å². The molecule has 0 saturated heterocycles. The highest BCUT2D eigenvalue weighted by Gasteiger charge is 2.22. The molecule has 1 amide bonds. The van der Waals surface area contributed by atoms with Gasteiger partial charge in [-0.05, 0) is 68.7 Å². The third-order valence-electron chi connectivity index (χ3n) is 4.56. The van der Waals surface area contributed by atoms with Crippen molar-refractivity contribution in [3.63, 3.8) is 0 Å². The number of H-pyrrole nitrogens is 1. The molecule has 0 aliphatic heterocycles. The zero-order valence-corrected chi connectivity index (χ0v) is 15.7. The number of nitrogens with one attached hydrogen (secondary N) is 2. The van der Waals surface area contributed by atoms with Gasteiger partial charge in [0.1, 0.15) is 11.5 Å². The zero-order chi connectivity index (χ0) is 19.7. The van der Waals surface area contributed by atoms with Crippen LogP contribution >= 0.6 is 0 Å². The SMILES string of the molecule is CCOC(=O)c1[nH]c2ccc(F)cc2c1NC(=O)c1cc(C)c(C)cc1C. The summed E-state index contributed by atoms with van der Waals surface area (Å²) in [4.78, 5) is 28.1. The molecule has 6 heteroatoms. The van der Waals surface area contributed by atoms with E-state index in [1.165, 1.54) is 18.2 Å². The molecule has 1 aromatic heterocycles. The number of carbonyl (C=O) groups is 2. The molecule has 0 spiro atoms. The highest BCUT2D eigenvalue weighted by atomic mass is 19.1. The highest BCUT2D eigenvalue weighted by molar-refractivity contribution is 6.15. The van der Waals surface area contributed by atoms with Crippen LogP contribution in [0.15, 0.2) is 30.3 Å². The molecule has 5 nitrogen and oxygen atoms in total. The molecule has 0 aliphatic carbocycles. The van der Waals surface area contributed by atoms with Crippen LogP contribution in [0, 0.1) is 26.6 Å². The smallest absolute Gasteiger partial charge is 0.356 e. The van der Waals surface area contributed by atoms with Crippen molar-refractivity contribution in [2.24, 2.45) is 0 Å². The number of carbonyl (C=O) groups excluding carboxylic acids is 2. The number of ether oxygens (including phenoxy) is 1. The average Bonchev–Trinajstić information content (AvgIpc) is 2.96. The molecular formula is C21H21FN2O3. The van der Waals surface area contributed by atoms with E-state index >= 15 is 0 Å². The molecule has 0 unspecified atom stereocenters. The Morgan fingerprint density at radius 2 is 1.78 bits per heavy atom. The van der Waals surface area contributed by atoms with Crippen LogP contribution in [0.25, 0.3) is 10.9 Å². The minimum absolute atomic E-state index is 0.0901. The molecule has 3 aromatic rings. The second kappa shape index (κ2) is 7.23. The van der Waals surface area contributed by atoms with E-state index in [1.807, 2.05) is 26.8 Å². The van der Waals surface area contributed by atoms with Gasteiger partial charge >= 0.3 is 5.97 Å². The Balaban J connectivity index is 2.08. The second-order valence-electron chi connectivity index (χ2n) is 6.49. The molecule has 2 aromatic carbocycles. The van der Waals surface area contributed by atoms with Gasteiger partial charge in [0.2, 0.25) is 0 Å². The molecule has 1 heterocycles. The van der Waals surface area contributed by atoms with E-state index in [4.69, 9.17) is 4.74 Å². The van der Waals surface area contributed by atoms with Crippen LogP contribution < -0.4 is 5.32 Å². The number of hydrogen-bond acceptors (Lipinski definition) is 3. The molecule has 0 bridgehead atoms. The Labute approximate surface area is 156 Å². The van der Waals surface area contributed by atoms with E-state index in [2.05, 4.69) is 10.3 Å². The Hall–Kier alpha value is -3.15. The number of aromatic amines is 1. The van der Waals surface area contributed by atoms with Crippen LogP contribution in [0.5, 0.6) is 0 Å². The van der Waals surface area contributed by atoms with Gasteiger partial charge in [0.05, 0.1) is 12.3 Å². The summed E-state index contributed by atoms with van der Waals surface area (Å²) < 4.78 is 18.8. The second-order valence-corrected chi connectivity index (χ2v) is 6.49. The van der Waals surface area contributed by atoms with Gasteiger partial charge in [-0.2, -0.15) is 0 Å². The number of benzene rings is 2. The van der Waals surface area contributed by atoms with Crippen LogP contribution in [0.3, 0.4) is 0 Å². The number of aromatic nitrogens is 1. The van der Waals surface area contributed by atoms with E-state index in [9.17, 15) is 14.0 Å². The monoisotopic (exact) mass is 368 g/mol. The molecule has 0 fully saturated rings. The van der Waals surface area contributed by atoms with E-state index < -0.39 is 11.8 Å². The van der Waals surface area contributed by atoms with Crippen molar-refractivity contribution < 1.29 is 18.7 Å². The van der Waals surface area contributed by atoms with Crippen LogP contribution in [-0.2, 0) is 4.74 Å². The minimum Gasteiger partial charge on any atom is -0.461 e. The number of fused-ring (bicyclic) bond motifs is 1. The number of esters is 1. The van der Waals surface area contributed by atoms with Crippen LogP contribution in [0.1, 0.15) is 44.5 Å². The van der Waals surface area contributed by atoms with Gasteiger partial charge in [-0.25, -0.2) is 9.18 Å². The Morgan fingerprint density at radius 1 is 1.07 bits per heavy atom. The van der Waals surface area contributed by atoms with Gasteiger partial charge in [0, 0.05) is 16.5 Å². The molecule has 0 atom stereocenters. The maximum atomic E-state index is 13.8. The first-order valence-corrected chi connectivity index (χ1v) is 8.69. The molecule has 2 N–H and O–H groups in total. The normalized spacial score (nSPS) is 10.9. The summed E-state index contributed by atoms with van der Waals surface area (Å²) in [6.45, 7) is 7.63. The summed E-state index contributed by atoms with van der Waals surface area (Å²) in [5, 5.41) is 3.18. The van der Waals surface area contributed by atoms with Crippen LogP contribution in [0.2, 0.25) is 0 Å². The van der Waals surface area contributed by atoms with E-state index in [1.54, 1.807) is 13.0 Å². The fourth-order valence-electron chi connectivity index (χ4n) is 3.04. The van der Waals surface area contributed by atoms with Crippen LogP contribution in [0.4, 0.5) is 10.1 Å². The third kappa shape index (κ3) is 3.56. The van der Waals surface area contributed by atoms with Crippen molar-refractivity contribution in [3.05, 3.63) is 64.1 Å². The fourth-order valence-corrected chi connectivity index (χ4v) is 3.04. The van der Waals surface area contributed by atoms with Gasteiger partial charge in [0.25, 0.3) is 5.91 Å². The van der Waals surface area contributed by atoms with Crippen molar-refractivity contribution in [2.75, 3.05) is 11.9 Å². The third-order valence-corrected chi connectivity index (χ3v) is 4.56. The molecule has 140 valence electrons. The number of aryl methyl sites for hydroxylation is 3. The fraction of sp³-hybridized carbons (Fsp3) is 0.238. The van der Waals surface area contributed by atoms with Gasteiger partial charge in [-0.3, -0.25) is 4.79 Å². The molecular weight excluding hydrogens is 347 g/mol. The number of halogens is 1. The van der Waals surface area contributed by atoms with E-state index in [0.717, 1.165) is 16.7 Å². The average molecular weight is 368 g/mol. The predicted octanol–water partition coefficient (Wildman–Crippen LogP) is 4.66. The number of rotatable bonds is 4. The highest BCUT2D eigenvalue weighted by Crippen LogP contribution is 2.30. The standard InChI is InChI=1S/C21H21FN2O3/c1-5-27-21(26)19-18(16-10-14(22)6-7-17(16)23-19)24-20(25)15-9-12(3)11(2)8-13(15)4/h6-10,23H,5H2,1-4H3,(H,24,25). The van der Waals surface area contributed by atoms with Gasteiger partial charge < -0.3 is 15.0 Å². The maximum Gasteiger partial charge on any atom is 0.356 e. The molecule has 0 radical (unpaired) electrons. The summed E-state index contributed by atoms with van der Waals surface area (Å²) in [6, 6.07) is 7.82. The van der Waals surface area contributed by atoms with Gasteiger partial charge in [0.15, 0.2) is 0 Å². The Bertz CT molecular complexity index is 1050. The lowest BCUT2D eigenvalue weighted by molar-refractivity contribution is 0.0522. The minimum atomic E-state index is -0.610. The van der Waals surface area contributed by atoms with Gasteiger partial charge in [-0.1, -0.05) is 6.07 Å². The quantitative estimate of drug-likeness (QED) is 0.658. The van der Waals surface area contributed by atoms with Crippen molar-refractivity contribution >= 4 is 28.5 Å². The summed E-state index contributed by atoms with van der Waals surface area (Å²) in [6.07, 6.45) is 0. The first-order valence-electron chi connectivity index (χ1n) is 8.69. The van der Waals surface area contributed by atoms with Crippen LogP contribution in [-0.4, -0.2) is 23.5 Å². The molecule has 27 heavy (non-hydrogen) atoms. The summed E-state index contributed by atoms with van der Waals surface area (Å²) in [5.74, 6) is -1.44. The summed E-state index contributed by atoms with van der Waals surface area (Å²) >= 11 is 0. The number of anilines is 1. The number of hydrogen-bond donors (Lipinski definition) is 2. The van der Waals surface area contributed by atoms with Crippen molar-refractivity contribution in [1.82, 2.24) is 4.98 Å². The maximum absolute atomic E-state index is 13.8. The van der Waals surface area contributed by atoms with E-state index in [-0.39, 0.29) is 23.9 Å². The largest absolute Gasteiger partial charge is 0.461 e. The number of amides is 1. The van der Waals surface area contributed by atoms with Crippen molar-refractivity contribution in [3.8, 4) is 0 Å². The predicted molar refractivity (Wildman–Crippen MR) is 103 cm³/mol.